The highest BCUT2D eigenvalue weighted by molar-refractivity contribution is 5.66. The Hall–Kier alpha value is -1.82. The summed E-state index contributed by atoms with van der Waals surface area (Å²) in [4.78, 5) is 12.6. The quantitative estimate of drug-likeness (QED) is 0.650. The Morgan fingerprint density at radius 2 is 2.39 bits per heavy atom. The number of aliphatic hydroxyl groups is 1. The van der Waals surface area contributed by atoms with Gasteiger partial charge in [0, 0.05) is 6.54 Å². The number of hydrogen-bond donors (Lipinski definition) is 1. The van der Waals surface area contributed by atoms with E-state index in [1.54, 1.807) is 12.1 Å². The average Bonchev–Trinajstić information content (AvgIpc) is 2.86. The second-order valence-corrected chi connectivity index (χ2v) is 4.28. The molecule has 0 saturated carbocycles. The number of anilines is 1. The maximum atomic E-state index is 11.1. The average molecular weight is 252 g/mol. The SMILES string of the molecule is COc1ccc(N2CCCC2CO)c([N+](=O)[O-])c1. The van der Waals surface area contributed by atoms with E-state index < -0.39 is 4.92 Å². The van der Waals surface area contributed by atoms with Gasteiger partial charge in [-0.2, -0.15) is 0 Å². The molecule has 0 bridgehead atoms. The lowest BCUT2D eigenvalue weighted by atomic mass is 10.2. The summed E-state index contributed by atoms with van der Waals surface area (Å²) in [6.07, 6.45) is 1.80. The summed E-state index contributed by atoms with van der Waals surface area (Å²) in [6, 6.07) is 4.78. The number of methoxy groups -OCH3 is 1. The van der Waals surface area contributed by atoms with Crippen LogP contribution in [0.5, 0.6) is 5.75 Å². The van der Waals surface area contributed by atoms with Gasteiger partial charge < -0.3 is 14.7 Å². The third kappa shape index (κ3) is 2.24. The number of benzene rings is 1. The standard InChI is InChI=1S/C12H16N2O4/c1-18-10-4-5-11(12(7-10)14(16)17)13-6-2-3-9(13)8-15/h4-5,7,9,15H,2-3,6,8H2,1H3. The molecule has 1 atom stereocenters. The highest BCUT2D eigenvalue weighted by Crippen LogP contribution is 2.35. The van der Waals surface area contributed by atoms with Crippen molar-refractivity contribution in [1.82, 2.24) is 0 Å². The van der Waals surface area contributed by atoms with Gasteiger partial charge in [-0.3, -0.25) is 10.1 Å². The number of hydrogen-bond acceptors (Lipinski definition) is 5. The molecule has 18 heavy (non-hydrogen) atoms. The van der Waals surface area contributed by atoms with Crippen molar-refractivity contribution in [2.75, 3.05) is 25.2 Å². The van der Waals surface area contributed by atoms with E-state index in [0.717, 1.165) is 19.4 Å². The summed E-state index contributed by atoms with van der Waals surface area (Å²) in [5.41, 5.74) is 0.576. The molecule has 6 nitrogen and oxygen atoms in total. The fourth-order valence-corrected chi connectivity index (χ4v) is 2.36. The topological polar surface area (TPSA) is 75.8 Å². The minimum atomic E-state index is -0.412. The minimum Gasteiger partial charge on any atom is -0.496 e. The van der Waals surface area contributed by atoms with Crippen LogP contribution in [-0.4, -0.2) is 36.3 Å². The van der Waals surface area contributed by atoms with E-state index in [0.29, 0.717) is 11.4 Å². The highest BCUT2D eigenvalue weighted by Gasteiger charge is 2.29. The Labute approximate surface area is 105 Å². The van der Waals surface area contributed by atoms with Gasteiger partial charge in [0.1, 0.15) is 11.4 Å². The molecule has 0 aliphatic carbocycles. The van der Waals surface area contributed by atoms with Gasteiger partial charge in [-0.15, -0.1) is 0 Å². The van der Waals surface area contributed by atoms with Crippen molar-refractivity contribution in [2.24, 2.45) is 0 Å². The van der Waals surface area contributed by atoms with Crippen LogP contribution in [-0.2, 0) is 0 Å². The molecule has 1 heterocycles. The van der Waals surface area contributed by atoms with E-state index in [-0.39, 0.29) is 18.3 Å². The second kappa shape index (κ2) is 5.22. The third-order valence-electron chi connectivity index (χ3n) is 3.28. The molecule has 2 rings (SSSR count). The molecule has 1 unspecified atom stereocenters. The van der Waals surface area contributed by atoms with Crippen molar-refractivity contribution in [3.05, 3.63) is 28.3 Å². The second-order valence-electron chi connectivity index (χ2n) is 4.28. The normalized spacial score (nSPS) is 19.0. The van der Waals surface area contributed by atoms with Crippen molar-refractivity contribution < 1.29 is 14.8 Å². The molecule has 1 aromatic carbocycles. The molecular formula is C12H16N2O4. The summed E-state index contributed by atoms with van der Waals surface area (Å²) in [5.74, 6) is 0.463. The molecule has 1 aliphatic heterocycles. The zero-order valence-corrected chi connectivity index (χ0v) is 10.2. The van der Waals surface area contributed by atoms with Crippen LogP contribution in [0.3, 0.4) is 0 Å². The Morgan fingerprint density at radius 3 is 3.00 bits per heavy atom. The van der Waals surface area contributed by atoms with Gasteiger partial charge in [0.25, 0.3) is 5.69 Å². The van der Waals surface area contributed by atoms with Crippen LogP contribution in [0.1, 0.15) is 12.8 Å². The smallest absolute Gasteiger partial charge is 0.296 e. The predicted octanol–water partition coefficient (Wildman–Crippen LogP) is 1.56. The van der Waals surface area contributed by atoms with Crippen LogP contribution in [0, 0.1) is 10.1 Å². The van der Waals surface area contributed by atoms with Crippen molar-refractivity contribution in [2.45, 2.75) is 18.9 Å². The van der Waals surface area contributed by atoms with Gasteiger partial charge >= 0.3 is 0 Å². The molecule has 6 heteroatoms. The molecule has 98 valence electrons. The summed E-state index contributed by atoms with van der Waals surface area (Å²) < 4.78 is 5.00. The van der Waals surface area contributed by atoms with E-state index in [1.165, 1.54) is 13.2 Å². The molecule has 1 saturated heterocycles. The van der Waals surface area contributed by atoms with Gasteiger partial charge in [0.2, 0.25) is 0 Å². The van der Waals surface area contributed by atoms with Gasteiger partial charge in [-0.1, -0.05) is 0 Å². The van der Waals surface area contributed by atoms with Crippen LogP contribution >= 0.6 is 0 Å². The molecular weight excluding hydrogens is 236 g/mol. The van der Waals surface area contributed by atoms with Gasteiger partial charge in [-0.25, -0.2) is 0 Å². The lowest BCUT2D eigenvalue weighted by Gasteiger charge is -2.25. The molecule has 1 fully saturated rings. The highest BCUT2D eigenvalue weighted by atomic mass is 16.6. The summed E-state index contributed by atoms with van der Waals surface area (Å²) in [5, 5.41) is 20.4. The predicted molar refractivity (Wildman–Crippen MR) is 67.1 cm³/mol. The molecule has 1 N–H and O–H groups in total. The van der Waals surface area contributed by atoms with Crippen molar-refractivity contribution in [3.8, 4) is 5.75 Å². The number of ether oxygens (including phenoxy) is 1. The zero-order valence-electron chi connectivity index (χ0n) is 10.2. The Kier molecular flexibility index (Phi) is 3.66. The van der Waals surface area contributed by atoms with Gasteiger partial charge in [0.05, 0.1) is 30.7 Å². The monoisotopic (exact) mass is 252 g/mol. The van der Waals surface area contributed by atoms with E-state index in [2.05, 4.69) is 0 Å². The number of aliphatic hydroxyl groups excluding tert-OH is 1. The van der Waals surface area contributed by atoms with Crippen LogP contribution in [0.25, 0.3) is 0 Å². The number of rotatable bonds is 4. The van der Waals surface area contributed by atoms with Crippen LogP contribution < -0.4 is 9.64 Å². The van der Waals surface area contributed by atoms with E-state index >= 15 is 0 Å². The molecule has 0 radical (unpaired) electrons. The van der Waals surface area contributed by atoms with Crippen molar-refractivity contribution >= 4 is 11.4 Å². The first kappa shape index (κ1) is 12.6. The maximum Gasteiger partial charge on any atom is 0.296 e. The van der Waals surface area contributed by atoms with E-state index in [9.17, 15) is 15.2 Å². The maximum absolute atomic E-state index is 11.1. The zero-order chi connectivity index (χ0) is 13.1. The van der Waals surface area contributed by atoms with E-state index in [4.69, 9.17) is 4.74 Å². The first-order valence-electron chi connectivity index (χ1n) is 5.87. The molecule has 1 aliphatic rings. The summed E-state index contributed by atoms with van der Waals surface area (Å²) in [7, 11) is 1.48. The first-order chi connectivity index (χ1) is 8.67. The summed E-state index contributed by atoms with van der Waals surface area (Å²) in [6.45, 7) is 0.752. The van der Waals surface area contributed by atoms with Gasteiger partial charge in [0.15, 0.2) is 0 Å². The fourth-order valence-electron chi connectivity index (χ4n) is 2.36. The Balaban J connectivity index is 2.40. The van der Waals surface area contributed by atoms with Crippen LogP contribution in [0.15, 0.2) is 18.2 Å². The van der Waals surface area contributed by atoms with Gasteiger partial charge in [-0.05, 0) is 25.0 Å². The lowest BCUT2D eigenvalue weighted by Crippen LogP contribution is -2.32. The molecule has 0 aromatic heterocycles. The van der Waals surface area contributed by atoms with Crippen LogP contribution in [0.4, 0.5) is 11.4 Å². The van der Waals surface area contributed by atoms with Crippen LogP contribution in [0.2, 0.25) is 0 Å². The number of nitro benzene ring substituents is 1. The minimum absolute atomic E-state index is 0.0170. The first-order valence-corrected chi connectivity index (χ1v) is 5.87. The molecule has 0 amide bonds. The Bertz CT molecular complexity index is 450. The fraction of sp³-hybridized carbons (Fsp3) is 0.500. The molecule has 0 spiro atoms. The van der Waals surface area contributed by atoms with Crippen molar-refractivity contribution in [3.63, 3.8) is 0 Å². The number of nitrogens with zero attached hydrogens (tertiary/aromatic N) is 2. The van der Waals surface area contributed by atoms with Crippen molar-refractivity contribution in [1.29, 1.82) is 0 Å². The van der Waals surface area contributed by atoms with E-state index in [1.807, 2.05) is 4.90 Å². The summed E-state index contributed by atoms with van der Waals surface area (Å²) >= 11 is 0. The number of nitro groups is 1. The lowest BCUT2D eigenvalue weighted by molar-refractivity contribution is -0.384. The largest absolute Gasteiger partial charge is 0.496 e. The third-order valence-corrected chi connectivity index (χ3v) is 3.28. The molecule has 1 aromatic rings. The Morgan fingerprint density at radius 1 is 1.61 bits per heavy atom.